The van der Waals surface area contributed by atoms with Crippen LogP contribution in [0.3, 0.4) is 0 Å². The monoisotopic (exact) mass is 460 g/mol. The summed E-state index contributed by atoms with van der Waals surface area (Å²) in [6.45, 7) is 10.1. The van der Waals surface area contributed by atoms with Gasteiger partial charge in [-0.2, -0.15) is 4.31 Å². The molecule has 1 fully saturated rings. The van der Waals surface area contributed by atoms with Gasteiger partial charge < -0.3 is 4.90 Å². The number of hydrogen-bond donors (Lipinski definition) is 0. The Labute approximate surface area is 190 Å². The van der Waals surface area contributed by atoms with Crippen LogP contribution in [-0.4, -0.2) is 61.8 Å². The maximum absolute atomic E-state index is 12.8. The van der Waals surface area contributed by atoms with Gasteiger partial charge in [-0.05, 0) is 31.0 Å². The molecule has 2 aromatic rings. The molecular formula is C23H32N4O4S. The van der Waals surface area contributed by atoms with Crippen molar-refractivity contribution in [3.63, 3.8) is 0 Å². The molecule has 1 aliphatic rings. The van der Waals surface area contributed by atoms with Crippen molar-refractivity contribution in [1.29, 1.82) is 0 Å². The average molecular weight is 461 g/mol. The Morgan fingerprint density at radius 1 is 1.00 bits per heavy atom. The van der Waals surface area contributed by atoms with Crippen LogP contribution in [0.1, 0.15) is 31.4 Å². The van der Waals surface area contributed by atoms with Crippen LogP contribution in [0.25, 0.3) is 0 Å². The summed E-state index contributed by atoms with van der Waals surface area (Å²) in [5.41, 5.74) is 2.80. The Kier molecular flexibility index (Phi) is 7.86. The molecule has 9 heteroatoms. The van der Waals surface area contributed by atoms with Crippen molar-refractivity contribution in [2.24, 2.45) is 0 Å². The van der Waals surface area contributed by atoms with Gasteiger partial charge >= 0.3 is 0 Å². The minimum Gasteiger partial charge on any atom is -0.365 e. The molecule has 0 amide bonds. The molecule has 32 heavy (non-hydrogen) atoms. The quantitative estimate of drug-likeness (QED) is 0.441. The number of rotatable bonds is 8. The number of sulfonamides is 1. The zero-order valence-corrected chi connectivity index (χ0v) is 19.8. The van der Waals surface area contributed by atoms with Crippen molar-refractivity contribution in [2.75, 3.05) is 44.2 Å². The SMILES string of the molecule is CCN(CC)S(=O)(=O)c1ccc(N2CCCN(Cc3ccc(C)cc3)CC2)c([N+](=O)[O-])c1. The topological polar surface area (TPSA) is 87.0 Å². The number of nitro groups is 1. The Hall–Kier alpha value is -2.49. The normalized spacial score (nSPS) is 15.7. The number of hydrogen-bond acceptors (Lipinski definition) is 6. The predicted molar refractivity (Wildman–Crippen MR) is 126 cm³/mol. The van der Waals surface area contributed by atoms with Gasteiger partial charge in [0.15, 0.2) is 0 Å². The lowest BCUT2D eigenvalue weighted by Gasteiger charge is -2.24. The second-order valence-electron chi connectivity index (χ2n) is 8.10. The smallest absolute Gasteiger partial charge is 0.293 e. The molecular weight excluding hydrogens is 428 g/mol. The van der Waals surface area contributed by atoms with Crippen molar-refractivity contribution in [2.45, 2.75) is 38.6 Å². The fraction of sp³-hybridized carbons (Fsp3) is 0.478. The van der Waals surface area contributed by atoms with E-state index < -0.39 is 14.9 Å². The largest absolute Gasteiger partial charge is 0.365 e. The van der Waals surface area contributed by atoms with Crippen molar-refractivity contribution >= 4 is 21.4 Å². The highest BCUT2D eigenvalue weighted by Gasteiger charge is 2.28. The minimum atomic E-state index is -3.76. The average Bonchev–Trinajstić information content (AvgIpc) is 3.01. The van der Waals surface area contributed by atoms with Crippen LogP contribution < -0.4 is 4.90 Å². The van der Waals surface area contributed by atoms with E-state index in [2.05, 4.69) is 36.1 Å². The first-order valence-corrected chi connectivity index (χ1v) is 12.5. The summed E-state index contributed by atoms with van der Waals surface area (Å²) in [5.74, 6) is 0. The summed E-state index contributed by atoms with van der Waals surface area (Å²) in [6.07, 6.45) is 0.877. The van der Waals surface area contributed by atoms with Gasteiger partial charge in [0, 0.05) is 51.9 Å². The van der Waals surface area contributed by atoms with E-state index in [1.54, 1.807) is 19.9 Å². The third-order valence-corrected chi connectivity index (χ3v) is 7.99. The first-order valence-electron chi connectivity index (χ1n) is 11.1. The molecule has 174 valence electrons. The molecule has 2 aromatic carbocycles. The first-order chi connectivity index (χ1) is 15.3. The first kappa shape index (κ1) is 24.2. The fourth-order valence-electron chi connectivity index (χ4n) is 4.11. The van der Waals surface area contributed by atoms with Crippen LogP contribution in [-0.2, 0) is 16.6 Å². The van der Waals surface area contributed by atoms with Gasteiger partial charge in [-0.3, -0.25) is 15.0 Å². The van der Waals surface area contributed by atoms with Gasteiger partial charge in [0.1, 0.15) is 5.69 Å². The van der Waals surface area contributed by atoms with E-state index in [-0.39, 0.29) is 10.6 Å². The van der Waals surface area contributed by atoms with Crippen molar-refractivity contribution in [3.05, 3.63) is 63.7 Å². The molecule has 0 unspecified atom stereocenters. The number of aryl methyl sites for hydroxylation is 1. The lowest BCUT2D eigenvalue weighted by Crippen LogP contribution is -2.32. The molecule has 1 aliphatic heterocycles. The summed E-state index contributed by atoms with van der Waals surface area (Å²) in [4.78, 5) is 15.7. The number of nitro benzene ring substituents is 1. The zero-order valence-electron chi connectivity index (χ0n) is 19.0. The van der Waals surface area contributed by atoms with E-state index in [9.17, 15) is 18.5 Å². The van der Waals surface area contributed by atoms with Crippen molar-refractivity contribution in [1.82, 2.24) is 9.21 Å². The maximum Gasteiger partial charge on any atom is 0.293 e. The highest BCUT2D eigenvalue weighted by atomic mass is 32.2. The third-order valence-electron chi connectivity index (χ3n) is 5.94. The maximum atomic E-state index is 12.8. The second-order valence-corrected chi connectivity index (χ2v) is 10.0. The van der Waals surface area contributed by atoms with E-state index in [0.29, 0.717) is 31.9 Å². The van der Waals surface area contributed by atoms with Crippen LogP contribution in [0.2, 0.25) is 0 Å². The molecule has 0 aromatic heterocycles. The Bertz CT molecular complexity index is 1040. The standard InChI is InChI=1S/C23H32N4O4S/c1-4-26(5-2)32(30,31)21-11-12-22(23(17-21)27(28)29)25-14-6-13-24(15-16-25)18-20-9-7-19(3)8-10-20/h7-12,17H,4-6,13-16,18H2,1-3H3. The van der Waals surface area contributed by atoms with Crippen molar-refractivity contribution in [3.8, 4) is 0 Å². The molecule has 0 atom stereocenters. The molecule has 0 N–H and O–H groups in total. The van der Waals surface area contributed by atoms with E-state index in [0.717, 1.165) is 26.1 Å². The Morgan fingerprint density at radius 3 is 2.31 bits per heavy atom. The van der Waals surface area contributed by atoms with Gasteiger partial charge in [0.25, 0.3) is 5.69 Å². The minimum absolute atomic E-state index is 0.0348. The van der Waals surface area contributed by atoms with Crippen LogP contribution in [0, 0.1) is 17.0 Å². The molecule has 0 saturated carbocycles. The van der Waals surface area contributed by atoms with Crippen molar-refractivity contribution < 1.29 is 13.3 Å². The number of benzene rings is 2. The third kappa shape index (κ3) is 5.46. The lowest BCUT2D eigenvalue weighted by atomic mass is 10.1. The summed E-state index contributed by atoms with van der Waals surface area (Å²) in [5, 5.41) is 11.8. The zero-order chi connectivity index (χ0) is 23.3. The Morgan fingerprint density at radius 2 is 1.69 bits per heavy atom. The van der Waals surface area contributed by atoms with E-state index >= 15 is 0 Å². The number of nitrogens with zero attached hydrogens (tertiary/aromatic N) is 4. The molecule has 8 nitrogen and oxygen atoms in total. The summed E-state index contributed by atoms with van der Waals surface area (Å²) in [7, 11) is -3.76. The summed E-state index contributed by atoms with van der Waals surface area (Å²) < 4.78 is 27.0. The summed E-state index contributed by atoms with van der Waals surface area (Å²) >= 11 is 0. The highest BCUT2D eigenvalue weighted by molar-refractivity contribution is 7.89. The van der Waals surface area contributed by atoms with E-state index in [1.165, 1.54) is 27.6 Å². The highest BCUT2D eigenvalue weighted by Crippen LogP contribution is 2.32. The summed E-state index contributed by atoms with van der Waals surface area (Å²) in [6, 6.07) is 12.8. The van der Waals surface area contributed by atoms with Crippen LogP contribution in [0.5, 0.6) is 0 Å². The Balaban J connectivity index is 1.79. The van der Waals surface area contributed by atoms with Crippen LogP contribution in [0.4, 0.5) is 11.4 Å². The predicted octanol–water partition coefficient (Wildman–Crippen LogP) is 3.65. The molecule has 1 saturated heterocycles. The van der Waals surface area contributed by atoms with E-state index in [4.69, 9.17) is 0 Å². The van der Waals surface area contributed by atoms with Gasteiger partial charge in [-0.1, -0.05) is 43.7 Å². The van der Waals surface area contributed by atoms with E-state index in [1.807, 2.05) is 4.90 Å². The fourth-order valence-corrected chi connectivity index (χ4v) is 5.59. The van der Waals surface area contributed by atoms with Gasteiger partial charge in [0.2, 0.25) is 10.0 Å². The van der Waals surface area contributed by atoms with Crippen LogP contribution in [0.15, 0.2) is 47.4 Å². The molecule has 0 spiro atoms. The lowest BCUT2D eigenvalue weighted by molar-refractivity contribution is -0.384. The molecule has 3 rings (SSSR count). The number of anilines is 1. The van der Waals surface area contributed by atoms with Crippen LogP contribution >= 0.6 is 0 Å². The molecule has 1 heterocycles. The molecule has 0 aliphatic carbocycles. The molecule has 0 bridgehead atoms. The second kappa shape index (κ2) is 10.4. The molecule has 0 radical (unpaired) electrons. The van der Waals surface area contributed by atoms with Gasteiger partial charge in [-0.15, -0.1) is 0 Å². The van der Waals surface area contributed by atoms with Gasteiger partial charge in [0.05, 0.1) is 9.82 Å². The van der Waals surface area contributed by atoms with Gasteiger partial charge in [-0.25, -0.2) is 8.42 Å².